The zero-order chi connectivity index (χ0) is 39.1. The van der Waals surface area contributed by atoms with Crippen molar-refractivity contribution in [2.75, 3.05) is 0 Å². The average Bonchev–Trinajstić information content (AvgIpc) is 3.95. The number of furan rings is 1. The Morgan fingerprint density at radius 1 is 0.483 bits per heavy atom. The monoisotopic (exact) mass is 772 g/mol. The van der Waals surface area contributed by atoms with Crippen LogP contribution in [0, 0.1) is 23.7 Å². The summed E-state index contributed by atoms with van der Waals surface area (Å²) >= 11 is 0. The van der Waals surface area contributed by atoms with Crippen molar-refractivity contribution in [3.63, 3.8) is 0 Å². The van der Waals surface area contributed by atoms with Gasteiger partial charge in [-0.15, -0.1) is 0 Å². The molecule has 4 saturated carbocycles. The van der Waals surface area contributed by atoms with Gasteiger partial charge in [0.15, 0.2) is 17.5 Å². The Labute approximate surface area is 347 Å². The highest BCUT2D eigenvalue weighted by Crippen LogP contribution is 2.70. The molecule has 3 aromatic heterocycles. The van der Waals surface area contributed by atoms with E-state index in [-0.39, 0.29) is 5.41 Å². The van der Waals surface area contributed by atoms with E-state index in [4.69, 9.17) is 19.4 Å². The first-order valence-corrected chi connectivity index (χ1v) is 21.7. The molecule has 0 N–H and O–H groups in total. The molecule has 5 aliphatic carbocycles. The number of para-hydroxylation sites is 3. The van der Waals surface area contributed by atoms with Crippen LogP contribution in [-0.4, -0.2) is 19.5 Å². The quantitative estimate of drug-likeness (QED) is 0.179. The van der Waals surface area contributed by atoms with Gasteiger partial charge < -0.3 is 8.98 Å². The van der Waals surface area contributed by atoms with E-state index in [1.165, 1.54) is 65.0 Å². The number of benzene rings is 7. The minimum Gasteiger partial charge on any atom is -0.455 e. The Morgan fingerprint density at radius 3 is 1.98 bits per heavy atom. The van der Waals surface area contributed by atoms with Crippen LogP contribution in [0.2, 0.25) is 0 Å². The molecule has 5 aliphatic rings. The summed E-state index contributed by atoms with van der Waals surface area (Å²) in [7, 11) is 0. The van der Waals surface area contributed by atoms with Gasteiger partial charge in [-0.05, 0) is 103 Å². The number of fused-ring (bicyclic) bond motifs is 10. The fraction of sp³-hybridized carbons (Fsp3) is 0.182. The Morgan fingerprint density at radius 2 is 1.13 bits per heavy atom. The molecule has 0 amide bonds. The van der Waals surface area contributed by atoms with Gasteiger partial charge in [0.05, 0.1) is 16.6 Å². The lowest BCUT2D eigenvalue weighted by molar-refractivity contribution is -0.0399. The second-order valence-corrected chi connectivity index (χ2v) is 18.0. The number of hydrogen-bond acceptors (Lipinski definition) is 4. The molecule has 0 aliphatic heterocycles. The van der Waals surface area contributed by atoms with E-state index in [0.717, 1.165) is 56.2 Å². The molecule has 0 radical (unpaired) electrons. The van der Waals surface area contributed by atoms with Crippen LogP contribution in [0.15, 0.2) is 162 Å². The van der Waals surface area contributed by atoms with Gasteiger partial charge >= 0.3 is 0 Å². The molecule has 0 saturated heterocycles. The highest BCUT2D eigenvalue weighted by Gasteiger charge is 2.61. The number of rotatable bonds is 4. The first-order chi connectivity index (χ1) is 29.7. The maximum atomic E-state index is 6.51. The van der Waals surface area contributed by atoms with Crippen molar-refractivity contribution in [2.24, 2.45) is 23.7 Å². The zero-order valence-electron chi connectivity index (χ0n) is 33.1. The standard InChI is InChI=1S/C55H40N4O/c1-2-12-34(13-3-1)52-56-53(58-54(57-52)44-20-11-19-42-40-17-6-9-23-48(40)60-51(42)44)35-14-10-15-38(31-35)59-47-22-8-5-16-39(47)41-24-25-46-49(50(41)59)43-18-4-7-21-45(43)55(46)36-27-32-26-33(29-36)30-37(55)28-32/h1-25,31-33,36-37H,26-30H2. The van der Waals surface area contributed by atoms with Crippen LogP contribution in [0.5, 0.6) is 0 Å². The van der Waals surface area contributed by atoms with Crippen molar-refractivity contribution in [3.8, 4) is 51.0 Å². The van der Waals surface area contributed by atoms with Crippen LogP contribution in [0.1, 0.15) is 43.2 Å². The molecule has 3 heterocycles. The van der Waals surface area contributed by atoms with Crippen molar-refractivity contribution in [1.29, 1.82) is 0 Å². The van der Waals surface area contributed by atoms with Crippen LogP contribution in [0.25, 0.3) is 94.7 Å². The van der Waals surface area contributed by atoms with Crippen LogP contribution in [0.3, 0.4) is 0 Å². The maximum Gasteiger partial charge on any atom is 0.167 e. The molecule has 15 rings (SSSR count). The Kier molecular flexibility index (Phi) is 6.67. The first-order valence-electron chi connectivity index (χ1n) is 21.7. The Bertz CT molecular complexity index is 3380. The van der Waals surface area contributed by atoms with Crippen molar-refractivity contribution >= 4 is 43.7 Å². The van der Waals surface area contributed by atoms with Gasteiger partial charge in [0.2, 0.25) is 0 Å². The maximum absolute atomic E-state index is 6.51. The second kappa shape index (κ2) is 12.1. The molecular weight excluding hydrogens is 733 g/mol. The Hall–Kier alpha value is -6.85. The highest BCUT2D eigenvalue weighted by molar-refractivity contribution is 6.16. The van der Waals surface area contributed by atoms with E-state index in [2.05, 4.69) is 132 Å². The molecule has 286 valence electrons. The normalized spacial score (nSPS) is 22.4. The van der Waals surface area contributed by atoms with Crippen molar-refractivity contribution in [1.82, 2.24) is 19.5 Å². The van der Waals surface area contributed by atoms with Gasteiger partial charge in [0.1, 0.15) is 11.2 Å². The van der Waals surface area contributed by atoms with Gasteiger partial charge in [-0.3, -0.25) is 0 Å². The third-order valence-electron chi connectivity index (χ3n) is 15.0. The number of nitrogens with zero attached hydrogens (tertiary/aromatic N) is 4. The van der Waals surface area contributed by atoms with Crippen molar-refractivity contribution < 1.29 is 4.42 Å². The molecule has 5 heteroatoms. The molecule has 4 fully saturated rings. The fourth-order valence-corrected chi connectivity index (χ4v) is 13.0. The van der Waals surface area contributed by atoms with Crippen LogP contribution >= 0.6 is 0 Å². The lowest BCUT2D eigenvalue weighted by Crippen LogP contribution is -2.55. The SMILES string of the molecule is c1ccc(-c2nc(-c3cccc(-n4c5ccccc5c5ccc6c(c54)-c4ccccc4C64C5CC6CC(C5)CC4C6)c3)nc(-c3cccc4c3oc3ccccc34)n2)cc1. The lowest BCUT2D eigenvalue weighted by atomic mass is 9.43. The van der Waals surface area contributed by atoms with Crippen molar-refractivity contribution in [3.05, 3.63) is 169 Å². The number of hydrogen-bond donors (Lipinski definition) is 0. The summed E-state index contributed by atoms with van der Waals surface area (Å²) in [5, 5.41) is 4.70. The van der Waals surface area contributed by atoms with E-state index < -0.39 is 0 Å². The first kappa shape index (κ1) is 33.0. The summed E-state index contributed by atoms with van der Waals surface area (Å²) in [6.45, 7) is 0. The molecule has 5 nitrogen and oxygen atoms in total. The summed E-state index contributed by atoms with van der Waals surface area (Å²) in [6.07, 6.45) is 6.93. The van der Waals surface area contributed by atoms with E-state index in [9.17, 15) is 0 Å². The summed E-state index contributed by atoms with van der Waals surface area (Å²) < 4.78 is 9.05. The number of aromatic nitrogens is 4. The average molecular weight is 773 g/mol. The molecule has 1 spiro atoms. The van der Waals surface area contributed by atoms with E-state index in [1.807, 2.05) is 30.3 Å². The highest BCUT2D eigenvalue weighted by atomic mass is 16.3. The molecule has 7 aromatic carbocycles. The third kappa shape index (κ3) is 4.39. The minimum atomic E-state index is 0.0918. The Balaban J connectivity index is 1.00. The van der Waals surface area contributed by atoms with Crippen molar-refractivity contribution in [2.45, 2.75) is 37.5 Å². The zero-order valence-corrected chi connectivity index (χ0v) is 33.1. The molecule has 0 atom stereocenters. The van der Waals surface area contributed by atoms with Crippen LogP contribution in [0.4, 0.5) is 0 Å². The molecule has 10 aromatic rings. The van der Waals surface area contributed by atoms with Gasteiger partial charge in [-0.2, -0.15) is 0 Å². The summed E-state index contributed by atoms with van der Waals surface area (Å²) in [4.78, 5) is 15.6. The largest absolute Gasteiger partial charge is 0.455 e. The topological polar surface area (TPSA) is 56.7 Å². The van der Waals surface area contributed by atoms with E-state index in [1.54, 1.807) is 11.1 Å². The molecule has 60 heavy (non-hydrogen) atoms. The summed E-state index contributed by atoms with van der Waals surface area (Å²) in [6, 6.07) is 56.9. The molecule has 4 bridgehead atoms. The summed E-state index contributed by atoms with van der Waals surface area (Å²) in [5.41, 5.74) is 14.1. The molecule has 0 unspecified atom stereocenters. The minimum absolute atomic E-state index is 0.0918. The van der Waals surface area contributed by atoms with Crippen LogP contribution < -0.4 is 0 Å². The molecular formula is C55H40N4O. The summed E-state index contributed by atoms with van der Waals surface area (Å²) in [5.74, 6) is 5.05. The van der Waals surface area contributed by atoms with E-state index in [0.29, 0.717) is 29.3 Å². The van der Waals surface area contributed by atoms with Gasteiger partial charge in [-0.25, -0.2) is 15.0 Å². The predicted molar refractivity (Wildman–Crippen MR) is 241 cm³/mol. The lowest BCUT2D eigenvalue weighted by Gasteiger charge is -2.61. The predicted octanol–water partition coefficient (Wildman–Crippen LogP) is 13.6. The second-order valence-electron chi connectivity index (χ2n) is 18.0. The van der Waals surface area contributed by atoms with Gasteiger partial charge in [0.25, 0.3) is 0 Å². The van der Waals surface area contributed by atoms with Gasteiger partial charge in [0, 0.05) is 49.3 Å². The van der Waals surface area contributed by atoms with Gasteiger partial charge in [-0.1, -0.05) is 127 Å². The third-order valence-corrected chi connectivity index (χ3v) is 15.0. The van der Waals surface area contributed by atoms with E-state index >= 15 is 0 Å². The van der Waals surface area contributed by atoms with Crippen LogP contribution in [-0.2, 0) is 5.41 Å². The smallest absolute Gasteiger partial charge is 0.167 e. The fourth-order valence-electron chi connectivity index (χ4n) is 13.0.